The van der Waals surface area contributed by atoms with Crippen LogP contribution >= 0.6 is 0 Å². The van der Waals surface area contributed by atoms with Gasteiger partial charge >= 0.3 is 5.97 Å². The second kappa shape index (κ2) is 2.95. The van der Waals surface area contributed by atoms with Gasteiger partial charge in [0.25, 0.3) is 5.91 Å². The van der Waals surface area contributed by atoms with Crippen LogP contribution in [0, 0.1) is 0 Å². The van der Waals surface area contributed by atoms with E-state index in [1.807, 2.05) is 0 Å². The number of carbonyl (C=O) groups is 2. The van der Waals surface area contributed by atoms with E-state index in [1.165, 1.54) is 12.0 Å². The van der Waals surface area contributed by atoms with E-state index in [0.29, 0.717) is 13.0 Å². The Bertz CT molecular complexity index is 291. The number of hydrogen-bond donors (Lipinski definition) is 1. The fourth-order valence-electron chi connectivity index (χ4n) is 2.48. The molecule has 2 heterocycles. The lowest BCUT2D eigenvalue weighted by Crippen LogP contribution is -2.47. The van der Waals surface area contributed by atoms with Crippen LogP contribution in [0.5, 0.6) is 0 Å². The summed E-state index contributed by atoms with van der Waals surface area (Å²) in [5.74, 6) is -0.743. The van der Waals surface area contributed by atoms with Gasteiger partial charge in [0.2, 0.25) is 0 Å². The zero-order valence-electron chi connectivity index (χ0n) is 8.02. The molecule has 14 heavy (non-hydrogen) atoms. The summed E-state index contributed by atoms with van der Waals surface area (Å²) in [6.07, 6.45) is 0.545. The van der Waals surface area contributed by atoms with E-state index >= 15 is 0 Å². The lowest BCUT2D eigenvalue weighted by molar-refractivity contribution is -0.155. The Morgan fingerprint density at radius 2 is 2.43 bits per heavy atom. The van der Waals surface area contributed by atoms with Crippen LogP contribution in [0.15, 0.2) is 0 Å². The van der Waals surface area contributed by atoms with Gasteiger partial charge in [-0.1, -0.05) is 0 Å². The molecule has 0 aromatic carbocycles. The standard InChI is InChI=1S/C9H13NO4/c1-14-8(13)9-3-2-4-10(9)7(12)6(11)5-9/h6,11H,2-5H2,1H3/t6-,9+/m1/s1. The summed E-state index contributed by atoms with van der Waals surface area (Å²) in [6, 6.07) is 0. The van der Waals surface area contributed by atoms with Gasteiger partial charge in [0.05, 0.1) is 7.11 Å². The highest BCUT2D eigenvalue weighted by Gasteiger charge is 2.58. The third kappa shape index (κ3) is 0.987. The lowest BCUT2D eigenvalue weighted by atomic mass is 9.93. The number of methoxy groups -OCH3 is 1. The summed E-state index contributed by atoms with van der Waals surface area (Å²) in [7, 11) is 1.31. The van der Waals surface area contributed by atoms with Crippen molar-refractivity contribution in [1.29, 1.82) is 0 Å². The van der Waals surface area contributed by atoms with Crippen LogP contribution in [0.25, 0.3) is 0 Å². The van der Waals surface area contributed by atoms with Crippen molar-refractivity contribution < 1.29 is 19.4 Å². The maximum absolute atomic E-state index is 11.6. The molecule has 0 unspecified atom stereocenters. The molecule has 2 saturated heterocycles. The average molecular weight is 199 g/mol. The molecule has 0 saturated carbocycles. The smallest absolute Gasteiger partial charge is 0.331 e. The second-order valence-electron chi connectivity index (χ2n) is 3.84. The zero-order valence-corrected chi connectivity index (χ0v) is 8.02. The Morgan fingerprint density at radius 1 is 1.71 bits per heavy atom. The Hall–Kier alpha value is -1.10. The maximum Gasteiger partial charge on any atom is 0.331 e. The molecule has 1 amide bonds. The zero-order chi connectivity index (χ0) is 10.3. The van der Waals surface area contributed by atoms with Crippen molar-refractivity contribution in [2.45, 2.75) is 30.9 Å². The van der Waals surface area contributed by atoms with E-state index < -0.39 is 17.6 Å². The fraction of sp³-hybridized carbons (Fsp3) is 0.778. The predicted molar refractivity (Wildman–Crippen MR) is 46.3 cm³/mol. The Labute approximate surface area is 81.6 Å². The van der Waals surface area contributed by atoms with Gasteiger partial charge in [-0.15, -0.1) is 0 Å². The van der Waals surface area contributed by atoms with Crippen molar-refractivity contribution in [2.24, 2.45) is 0 Å². The molecule has 2 aliphatic rings. The van der Waals surface area contributed by atoms with Crippen LogP contribution in [0.4, 0.5) is 0 Å². The normalized spacial score (nSPS) is 36.0. The van der Waals surface area contributed by atoms with Gasteiger partial charge < -0.3 is 14.7 Å². The molecule has 0 aromatic rings. The first-order chi connectivity index (χ1) is 6.62. The van der Waals surface area contributed by atoms with Gasteiger partial charge in [-0.3, -0.25) is 4.79 Å². The first-order valence-corrected chi connectivity index (χ1v) is 4.70. The highest BCUT2D eigenvalue weighted by atomic mass is 16.5. The van der Waals surface area contributed by atoms with Gasteiger partial charge in [-0.25, -0.2) is 4.79 Å². The number of nitrogens with zero attached hydrogens (tertiary/aromatic N) is 1. The Morgan fingerprint density at radius 3 is 3.07 bits per heavy atom. The number of esters is 1. The van der Waals surface area contributed by atoms with Crippen LogP contribution in [0.1, 0.15) is 19.3 Å². The topological polar surface area (TPSA) is 66.8 Å². The number of fused-ring (bicyclic) bond motifs is 1. The molecule has 78 valence electrons. The maximum atomic E-state index is 11.6. The molecule has 1 N–H and O–H groups in total. The molecule has 2 atom stereocenters. The van der Waals surface area contributed by atoms with Crippen LogP contribution < -0.4 is 0 Å². The lowest BCUT2D eigenvalue weighted by Gasteiger charge is -2.27. The van der Waals surface area contributed by atoms with E-state index in [1.54, 1.807) is 0 Å². The first-order valence-electron chi connectivity index (χ1n) is 4.70. The van der Waals surface area contributed by atoms with E-state index in [-0.39, 0.29) is 12.3 Å². The molecule has 2 rings (SSSR count). The van der Waals surface area contributed by atoms with Gasteiger partial charge in [-0.05, 0) is 12.8 Å². The van der Waals surface area contributed by atoms with Gasteiger partial charge in [-0.2, -0.15) is 0 Å². The molecule has 2 fully saturated rings. The Balaban J connectivity index is 2.33. The van der Waals surface area contributed by atoms with E-state index in [0.717, 1.165) is 6.42 Å². The summed E-state index contributed by atoms with van der Waals surface area (Å²) in [6.45, 7) is 0.547. The molecular formula is C9H13NO4. The number of amides is 1. The predicted octanol–water partition coefficient (Wildman–Crippen LogP) is -0.715. The second-order valence-corrected chi connectivity index (χ2v) is 3.84. The van der Waals surface area contributed by atoms with Crippen LogP contribution in [-0.2, 0) is 14.3 Å². The first kappa shape index (κ1) is 9.45. The monoisotopic (exact) mass is 199 g/mol. The van der Waals surface area contributed by atoms with Crippen molar-refractivity contribution >= 4 is 11.9 Å². The Kier molecular flexibility index (Phi) is 1.99. The minimum atomic E-state index is -1.03. The minimum absolute atomic E-state index is 0.179. The van der Waals surface area contributed by atoms with Crippen LogP contribution in [-0.4, -0.2) is 47.2 Å². The third-order valence-electron chi connectivity index (χ3n) is 3.14. The number of hydrogen-bond acceptors (Lipinski definition) is 4. The number of aliphatic hydroxyl groups excluding tert-OH is 1. The van der Waals surface area contributed by atoms with Gasteiger partial charge in [0.1, 0.15) is 11.6 Å². The van der Waals surface area contributed by atoms with Crippen molar-refractivity contribution in [3.05, 3.63) is 0 Å². The van der Waals surface area contributed by atoms with Crippen LogP contribution in [0.2, 0.25) is 0 Å². The molecule has 0 bridgehead atoms. The van der Waals surface area contributed by atoms with Crippen molar-refractivity contribution in [2.75, 3.05) is 13.7 Å². The fourth-order valence-corrected chi connectivity index (χ4v) is 2.48. The van der Waals surface area contributed by atoms with Crippen molar-refractivity contribution in [3.8, 4) is 0 Å². The van der Waals surface area contributed by atoms with E-state index in [2.05, 4.69) is 0 Å². The van der Waals surface area contributed by atoms with Crippen LogP contribution in [0.3, 0.4) is 0 Å². The molecule has 5 heteroatoms. The van der Waals surface area contributed by atoms with Crippen molar-refractivity contribution in [3.63, 3.8) is 0 Å². The summed E-state index contributed by atoms with van der Waals surface area (Å²) in [4.78, 5) is 24.5. The highest BCUT2D eigenvalue weighted by Crippen LogP contribution is 2.40. The van der Waals surface area contributed by atoms with Crippen molar-refractivity contribution in [1.82, 2.24) is 4.90 Å². The summed E-state index contributed by atoms with van der Waals surface area (Å²) >= 11 is 0. The minimum Gasteiger partial charge on any atom is -0.467 e. The molecule has 0 radical (unpaired) electrons. The quantitative estimate of drug-likeness (QED) is 0.566. The molecule has 2 aliphatic heterocycles. The number of carbonyl (C=O) groups excluding carboxylic acids is 2. The summed E-state index contributed by atoms with van der Waals surface area (Å²) in [5, 5.41) is 9.41. The average Bonchev–Trinajstić information content (AvgIpc) is 2.68. The summed E-state index contributed by atoms with van der Waals surface area (Å²) in [5.41, 5.74) is -0.870. The molecule has 0 aromatic heterocycles. The molecular weight excluding hydrogens is 186 g/mol. The highest BCUT2D eigenvalue weighted by molar-refractivity contribution is 5.94. The van der Waals surface area contributed by atoms with Gasteiger partial charge in [0.15, 0.2) is 0 Å². The SMILES string of the molecule is COC(=O)[C@@]12CCCN1C(=O)[C@H](O)C2. The number of aliphatic hydroxyl groups is 1. The van der Waals surface area contributed by atoms with E-state index in [4.69, 9.17) is 4.74 Å². The van der Waals surface area contributed by atoms with E-state index in [9.17, 15) is 14.7 Å². The van der Waals surface area contributed by atoms with Gasteiger partial charge in [0, 0.05) is 13.0 Å². The molecule has 5 nitrogen and oxygen atoms in total. The number of rotatable bonds is 1. The summed E-state index contributed by atoms with van der Waals surface area (Å²) < 4.78 is 4.69. The molecule has 0 aliphatic carbocycles. The number of ether oxygens (including phenoxy) is 1. The molecule has 0 spiro atoms. The third-order valence-corrected chi connectivity index (χ3v) is 3.14. The largest absolute Gasteiger partial charge is 0.467 e.